The Morgan fingerprint density at radius 3 is 2.17 bits per heavy atom. The van der Waals surface area contributed by atoms with Gasteiger partial charge in [0.2, 0.25) is 0 Å². The van der Waals surface area contributed by atoms with Crippen LogP contribution in [-0.4, -0.2) is 26.0 Å². The molecule has 5 heteroatoms. The van der Waals surface area contributed by atoms with E-state index in [4.69, 9.17) is 5.73 Å². The van der Waals surface area contributed by atoms with Crippen molar-refractivity contribution in [3.05, 3.63) is 5.69 Å². The molecule has 18 heavy (non-hydrogen) atoms. The van der Waals surface area contributed by atoms with Crippen molar-refractivity contribution in [1.82, 2.24) is 9.78 Å². The summed E-state index contributed by atoms with van der Waals surface area (Å²) in [4.78, 5) is 0. The first kappa shape index (κ1) is 14.8. The van der Waals surface area contributed by atoms with Gasteiger partial charge in [0.15, 0.2) is 0 Å². The average Bonchev–Trinajstić information content (AvgIpc) is 2.44. The van der Waals surface area contributed by atoms with E-state index in [1.807, 2.05) is 39.3 Å². The number of hydrogen-bond acceptors (Lipinski definition) is 4. The fourth-order valence-electron chi connectivity index (χ4n) is 1.51. The fourth-order valence-corrected chi connectivity index (χ4v) is 1.51. The van der Waals surface area contributed by atoms with Gasteiger partial charge in [-0.05, 0) is 48.5 Å². The standard InChI is InChI=1S/C13H26N4O/c1-8(2)17-11(10(14)9(3)16-17)15-12(4,5)13(6,7)18/h8,15,18H,14H2,1-7H3. The lowest BCUT2D eigenvalue weighted by atomic mass is 9.86. The molecule has 1 rings (SSSR count). The molecule has 1 heterocycles. The summed E-state index contributed by atoms with van der Waals surface area (Å²) in [6, 6.07) is 0.209. The van der Waals surface area contributed by atoms with Crippen LogP contribution in [0.1, 0.15) is 53.3 Å². The lowest BCUT2D eigenvalue weighted by molar-refractivity contribution is 0.0237. The zero-order valence-electron chi connectivity index (χ0n) is 12.5. The Kier molecular flexibility index (Phi) is 3.68. The summed E-state index contributed by atoms with van der Waals surface area (Å²) >= 11 is 0. The second-order valence-electron chi connectivity index (χ2n) is 6.20. The number of nitrogens with one attached hydrogen (secondary N) is 1. The number of aryl methyl sites for hydroxylation is 1. The minimum Gasteiger partial charge on any atom is -0.394 e. The van der Waals surface area contributed by atoms with E-state index in [0.29, 0.717) is 5.69 Å². The molecule has 0 amide bonds. The maximum Gasteiger partial charge on any atom is 0.148 e. The van der Waals surface area contributed by atoms with Crippen LogP contribution >= 0.6 is 0 Å². The van der Waals surface area contributed by atoms with Crippen molar-refractivity contribution < 1.29 is 5.11 Å². The molecule has 0 saturated heterocycles. The van der Waals surface area contributed by atoms with Gasteiger partial charge in [0.25, 0.3) is 0 Å². The Morgan fingerprint density at radius 2 is 1.78 bits per heavy atom. The SMILES string of the molecule is Cc1nn(C(C)C)c(NC(C)(C)C(C)(C)O)c1N. The van der Waals surface area contributed by atoms with Crippen LogP contribution in [0, 0.1) is 6.92 Å². The summed E-state index contributed by atoms with van der Waals surface area (Å²) in [6.07, 6.45) is 0. The molecule has 0 saturated carbocycles. The Bertz CT molecular complexity index is 427. The number of hydrogen-bond donors (Lipinski definition) is 3. The number of nitrogens with two attached hydrogens (primary N) is 1. The van der Waals surface area contributed by atoms with Gasteiger partial charge in [-0.2, -0.15) is 5.10 Å². The Hall–Kier alpha value is -1.23. The predicted molar refractivity (Wildman–Crippen MR) is 75.8 cm³/mol. The van der Waals surface area contributed by atoms with E-state index < -0.39 is 11.1 Å². The lowest BCUT2D eigenvalue weighted by Crippen LogP contribution is -2.51. The number of aliphatic hydroxyl groups is 1. The summed E-state index contributed by atoms with van der Waals surface area (Å²) in [5.41, 5.74) is 6.12. The smallest absolute Gasteiger partial charge is 0.148 e. The van der Waals surface area contributed by atoms with Crippen molar-refractivity contribution in [3.63, 3.8) is 0 Å². The highest BCUT2D eigenvalue weighted by molar-refractivity contribution is 5.66. The summed E-state index contributed by atoms with van der Waals surface area (Å²) in [5, 5.41) is 17.9. The van der Waals surface area contributed by atoms with E-state index in [2.05, 4.69) is 10.4 Å². The molecular formula is C13H26N4O. The van der Waals surface area contributed by atoms with Gasteiger partial charge < -0.3 is 16.2 Å². The Morgan fingerprint density at radius 1 is 1.28 bits per heavy atom. The van der Waals surface area contributed by atoms with Gasteiger partial charge in [0, 0.05) is 6.04 Å². The van der Waals surface area contributed by atoms with Crippen LogP contribution < -0.4 is 11.1 Å². The Labute approximate surface area is 109 Å². The van der Waals surface area contributed by atoms with Gasteiger partial charge >= 0.3 is 0 Å². The maximum atomic E-state index is 10.2. The summed E-state index contributed by atoms with van der Waals surface area (Å²) in [6.45, 7) is 13.4. The first-order chi connectivity index (χ1) is 7.97. The quantitative estimate of drug-likeness (QED) is 0.770. The van der Waals surface area contributed by atoms with Crippen molar-refractivity contribution >= 4 is 11.5 Å². The predicted octanol–water partition coefficient (Wildman–Crippen LogP) is 2.32. The van der Waals surface area contributed by atoms with Gasteiger partial charge in [-0.3, -0.25) is 0 Å². The minimum absolute atomic E-state index is 0.209. The normalized spacial score (nSPS) is 13.2. The molecule has 4 N–H and O–H groups in total. The number of rotatable bonds is 4. The fraction of sp³-hybridized carbons (Fsp3) is 0.769. The molecule has 0 spiro atoms. The molecule has 5 nitrogen and oxygen atoms in total. The van der Waals surface area contributed by atoms with Crippen LogP contribution in [0.3, 0.4) is 0 Å². The van der Waals surface area contributed by atoms with Crippen molar-refractivity contribution in [2.24, 2.45) is 0 Å². The van der Waals surface area contributed by atoms with Crippen LogP contribution in [0.15, 0.2) is 0 Å². The molecule has 0 radical (unpaired) electrons. The van der Waals surface area contributed by atoms with E-state index in [9.17, 15) is 5.11 Å². The van der Waals surface area contributed by atoms with Crippen molar-refractivity contribution in [2.45, 2.75) is 65.6 Å². The third-order valence-electron chi connectivity index (χ3n) is 3.58. The first-order valence-corrected chi connectivity index (χ1v) is 6.32. The van der Waals surface area contributed by atoms with Gasteiger partial charge in [0.1, 0.15) is 5.82 Å². The molecule has 0 aromatic carbocycles. The van der Waals surface area contributed by atoms with E-state index in [1.165, 1.54) is 0 Å². The van der Waals surface area contributed by atoms with Gasteiger partial charge in [0.05, 0.1) is 22.5 Å². The monoisotopic (exact) mass is 254 g/mol. The van der Waals surface area contributed by atoms with Crippen LogP contribution in [0.2, 0.25) is 0 Å². The summed E-state index contributed by atoms with van der Waals surface area (Å²) < 4.78 is 1.86. The van der Waals surface area contributed by atoms with Gasteiger partial charge in [-0.15, -0.1) is 0 Å². The van der Waals surface area contributed by atoms with Crippen molar-refractivity contribution in [1.29, 1.82) is 0 Å². The molecule has 0 bridgehead atoms. The molecule has 0 fully saturated rings. The third kappa shape index (κ3) is 2.61. The van der Waals surface area contributed by atoms with Crippen LogP contribution in [0.5, 0.6) is 0 Å². The average molecular weight is 254 g/mol. The topological polar surface area (TPSA) is 76.1 Å². The number of nitrogen functional groups attached to an aromatic ring is 1. The van der Waals surface area contributed by atoms with Crippen molar-refractivity contribution in [3.8, 4) is 0 Å². The highest BCUT2D eigenvalue weighted by atomic mass is 16.3. The van der Waals surface area contributed by atoms with E-state index in [-0.39, 0.29) is 6.04 Å². The van der Waals surface area contributed by atoms with Gasteiger partial charge in [-0.1, -0.05) is 0 Å². The number of anilines is 2. The second-order valence-corrected chi connectivity index (χ2v) is 6.20. The molecule has 0 aliphatic heterocycles. The van der Waals surface area contributed by atoms with Gasteiger partial charge in [-0.25, -0.2) is 4.68 Å². The van der Waals surface area contributed by atoms with E-state index in [0.717, 1.165) is 11.5 Å². The van der Waals surface area contributed by atoms with E-state index in [1.54, 1.807) is 13.8 Å². The zero-order valence-corrected chi connectivity index (χ0v) is 12.5. The molecule has 1 aromatic rings. The molecule has 0 atom stereocenters. The Balaban J connectivity index is 3.19. The highest BCUT2D eigenvalue weighted by Gasteiger charge is 2.36. The maximum absolute atomic E-state index is 10.2. The highest BCUT2D eigenvalue weighted by Crippen LogP contribution is 2.32. The number of aromatic nitrogens is 2. The molecule has 1 aromatic heterocycles. The minimum atomic E-state index is -0.876. The lowest BCUT2D eigenvalue weighted by Gasteiger charge is -2.39. The van der Waals surface area contributed by atoms with Crippen molar-refractivity contribution in [2.75, 3.05) is 11.1 Å². The summed E-state index contributed by atoms with van der Waals surface area (Å²) in [5.74, 6) is 0.773. The first-order valence-electron chi connectivity index (χ1n) is 6.32. The summed E-state index contributed by atoms with van der Waals surface area (Å²) in [7, 11) is 0. The van der Waals surface area contributed by atoms with Crippen LogP contribution in [-0.2, 0) is 0 Å². The number of nitrogens with zero attached hydrogens (tertiary/aromatic N) is 2. The van der Waals surface area contributed by atoms with Crippen LogP contribution in [0.25, 0.3) is 0 Å². The van der Waals surface area contributed by atoms with Crippen LogP contribution in [0.4, 0.5) is 11.5 Å². The molecular weight excluding hydrogens is 228 g/mol. The molecule has 0 aliphatic carbocycles. The largest absolute Gasteiger partial charge is 0.394 e. The molecule has 0 aliphatic rings. The molecule has 0 unspecified atom stereocenters. The zero-order chi connectivity index (χ0) is 14.3. The van der Waals surface area contributed by atoms with E-state index >= 15 is 0 Å². The second kappa shape index (κ2) is 4.46. The molecule has 104 valence electrons. The third-order valence-corrected chi connectivity index (χ3v) is 3.58.